The third kappa shape index (κ3) is 10.9. The van der Waals surface area contributed by atoms with Crippen molar-refractivity contribution in [3.05, 3.63) is 423 Å². The molecule has 0 radical (unpaired) electrons. The molecule has 0 amide bonds. The number of rotatable bonds is 10. The van der Waals surface area contributed by atoms with Crippen molar-refractivity contribution >= 4 is 87.2 Å². The molecule has 22 aromatic rings. The van der Waals surface area contributed by atoms with E-state index in [1.54, 1.807) is 0 Å². The second-order valence-electron chi connectivity index (χ2n) is 32.8. The highest BCUT2D eigenvalue weighted by Gasteiger charge is 2.37. The van der Waals surface area contributed by atoms with Crippen molar-refractivity contribution in [2.24, 2.45) is 0 Å². The van der Waals surface area contributed by atoms with E-state index < -0.39 is 0 Å². The van der Waals surface area contributed by atoms with Crippen LogP contribution in [0.2, 0.25) is 0 Å². The lowest BCUT2D eigenvalue weighted by Crippen LogP contribution is -2.14. The molecule has 6 aromatic heterocycles. The largest absolute Gasteiger partial charge is 0.309 e. The van der Waals surface area contributed by atoms with E-state index in [9.17, 15) is 0 Å². The molecule has 0 saturated carbocycles. The Morgan fingerprint density at radius 2 is 0.483 bits per heavy atom. The van der Waals surface area contributed by atoms with Gasteiger partial charge in [0.05, 0.1) is 61.2 Å². The molecule has 0 saturated heterocycles. The third-order valence-electron chi connectivity index (χ3n) is 25.5. The van der Waals surface area contributed by atoms with Gasteiger partial charge in [-0.25, -0.2) is 4.98 Å². The van der Waals surface area contributed by atoms with Crippen LogP contribution in [0.4, 0.5) is 0 Å². The van der Waals surface area contributed by atoms with Gasteiger partial charge in [-0.2, -0.15) is 0 Å². The summed E-state index contributed by atoms with van der Waals surface area (Å²) in [6.45, 7) is 9.38. The molecule has 0 atom stereocenters. The summed E-state index contributed by atoms with van der Waals surface area (Å²) < 4.78 is 9.73. The Labute approximate surface area is 684 Å². The summed E-state index contributed by atoms with van der Waals surface area (Å²) in [6.07, 6.45) is 3.74. The minimum atomic E-state index is -0.0257. The molecule has 2 aliphatic rings. The zero-order chi connectivity index (χ0) is 78.5. The molecule has 16 aromatic carbocycles. The Balaban J connectivity index is 0.000000138. The van der Waals surface area contributed by atoms with Crippen LogP contribution in [-0.2, 0) is 10.8 Å². The van der Waals surface area contributed by atoms with Crippen molar-refractivity contribution in [2.45, 2.75) is 38.5 Å². The molecule has 6 heteroatoms. The average Bonchev–Trinajstić information content (AvgIpc) is 1.57. The topological polar surface area (TPSA) is 45.5 Å². The highest BCUT2D eigenvalue weighted by molar-refractivity contribution is 6.15. The molecule has 2 aliphatic carbocycles. The van der Waals surface area contributed by atoms with E-state index in [1.807, 2.05) is 12.4 Å². The third-order valence-corrected chi connectivity index (χ3v) is 25.5. The normalized spacial score (nSPS) is 13.1. The minimum Gasteiger partial charge on any atom is -0.309 e. The Kier molecular flexibility index (Phi) is 15.6. The number of nitrogens with zero attached hydrogens (tertiary/aromatic N) is 6. The molecule has 0 aliphatic heterocycles. The molecule has 556 valence electrons. The van der Waals surface area contributed by atoms with Gasteiger partial charge in [-0.1, -0.05) is 276 Å². The lowest BCUT2D eigenvalue weighted by molar-refractivity contribution is 0.660. The fourth-order valence-electron chi connectivity index (χ4n) is 19.8. The van der Waals surface area contributed by atoms with Crippen molar-refractivity contribution in [3.8, 4) is 112 Å². The van der Waals surface area contributed by atoms with Crippen molar-refractivity contribution in [3.63, 3.8) is 0 Å². The van der Waals surface area contributed by atoms with Crippen LogP contribution in [0.1, 0.15) is 49.9 Å². The zero-order valence-corrected chi connectivity index (χ0v) is 65.8. The molecule has 0 bridgehead atoms. The second-order valence-corrected chi connectivity index (χ2v) is 32.8. The summed E-state index contributed by atoms with van der Waals surface area (Å²) in [7, 11) is 0. The number of pyridine rings is 2. The van der Waals surface area contributed by atoms with Crippen LogP contribution in [0, 0.1) is 0 Å². The smallest absolute Gasteiger partial charge is 0.0730 e. The predicted octanol–water partition coefficient (Wildman–Crippen LogP) is 29.2. The summed E-state index contributed by atoms with van der Waals surface area (Å²) in [5, 5.41) is 9.93. The first-order chi connectivity index (χ1) is 58.0. The van der Waals surface area contributed by atoms with Crippen LogP contribution in [0.5, 0.6) is 0 Å². The van der Waals surface area contributed by atoms with Crippen LogP contribution in [-0.4, -0.2) is 28.2 Å². The first kappa shape index (κ1) is 68.6. The standard InChI is InChI=1S/2C56H39N3/c1-56(2)48-22-12-9-19-42(48)45-33-40(27-28-49(45)56)58-52-23-13-10-20-43(52)46-31-38(25-29-54(46)58)39-26-30-55-47(32-39)44-21-11-14-24-53(44)59(55)41-34-50(36-15-5-3-6-16-36)57-51(35-41)37-17-7-4-8-18-37;1-56(2)50-17-9-6-14-44(50)47-35-42(22-23-51(47)56)58-52-18-10-7-15-45(52)48-33-38(20-24-54(48)58)39-21-25-55-49(34-39)46-16-8-11-19-53(46)59(55)43-31-40(36-12-4-3-5-13-36)30-41(32-43)37-26-28-57-29-27-37/h2*3-35H,1-2H3. The van der Waals surface area contributed by atoms with Crippen LogP contribution in [0.25, 0.3) is 199 Å². The highest BCUT2D eigenvalue weighted by Crippen LogP contribution is 2.52. The Morgan fingerprint density at radius 3 is 0.864 bits per heavy atom. The second kappa shape index (κ2) is 26.8. The predicted molar refractivity (Wildman–Crippen MR) is 494 cm³/mol. The van der Waals surface area contributed by atoms with E-state index in [-0.39, 0.29) is 10.8 Å². The quantitative estimate of drug-likeness (QED) is 0.137. The summed E-state index contributed by atoms with van der Waals surface area (Å²) in [4.78, 5) is 9.48. The van der Waals surface area contributed by atoms with Gasteiger partial charge in [0, 0.05) is 94.5 Å². The molecular weight excluding hydrogens is 1430 g/mol. The van der Waals surface area contributed by atoms with E-state index in [0.717, 1.165) is 45.0 Å². The average molecular weight is 1510 g/mol. The molecule has 6 nitrogen and oxygen atoms in total. The van der Waals surface area contributed by atoms with Crippen molar-refractivity contribution in [1.29, 1.82) is 0 Å². The first-order valence-corrected chi connectivity index (χ1v) is 40.9. The van der Waals surface area contributed by atoms with Gasteiger partial charge < -0.3 is 18.3 Å². The van der Waals surface area contributed by atoms with Gasteiger partial charge in [-0.3, -0.25) is 4.98 Å². The minimum absolute atomic E-state index is 0.0250. The van der Waals surface area contributed by atoms with Crippen molar-refractivity contribution in [1.82, 2.24) is 28.2 Å². The number of para-hydroxylation sites is 4. The molecule has 6 heterocycles. The van der Waals surface area contributed by atoms with Crippen molar-refractivity contribution in [2.75, 3.05) is 0 Å². The number of fused-ring (bicyclic) bond motifs is 18. The van der Waals surface area contributed by atoms with E-state index in [4.69, 9.17) is 4.98 Å². The summed E-state index contributed by atoms with van der Waals surface area (Å²) >= 11 is 0. The highest BCUT2D eigenvalue weighted by atomic mass is 15.0. The van der Waals surface area contributed by atoms with Crippen LogP contribution < -0.4 is 0 Å². The summed E-state index contributed by atoms with van der Waals surface area (Å²) in [6, 6.07) is 142. The van der Waals surface area contributed by atoms with E-state index in [0.29, 0.717) is 0 Å². The van der Waals surface area contributed by atoms with Crippen LogP contribution in [0.3, 0.4) is 0 Å². The number of hydrogen-bond acceptors (Lipinski definition) is 2. The molecule has 24 rings (SSSR count). The molecule has 118 heavy (non-hydrogen) atoms. The van der Waals surface area contributed by atoms with Gasteiger partial charge in [-0.15, -0.1) is 0 Å². The number of hydrogen-bond donors (Lipinski definition) is 0. The van der Waals surface area contributed by atoms with Gasteiger partial charge in [0.25, 0.3) is 0 Å². The zero-order valence-electron chi connectivity index (χ0n) is 65.8. The maximum absolute atomic E-state index is 5.18. The van der Waals surface area contributed by atoms with Gasteiger partial charge >= 0.3 is 0 Å². The Hall–Kier alpha value is -15.0. The van der Waals surface area contributed by atoms with Gasteiger partial charge in [0.2, 0.25) is 0 Å². The van der Waals surface area contributed by atoms with Crippen LogP contribution >= 0.6 is 0 Å². The maximum atomic E-state index is 5.18. The Bertz CT molecular complexity index is 7270. The van der Waals surface area contributed by atoms with Crippen LogP contribution in [0.15, 0.2) is 401 Å². The first-order valence-electron chi connectivity index (χ1n) is 40.9. The molecule has 0 N–H and O–H groups in total. The molecule has 0 unspecified atom stereocenters. The van der Waals surface area contributed by atoms with Gasteiger partial charge in [0.1, 0.15) is 0 Å². The maximum Gasteiger partial charge on any atom is 0.0730 e. The van der Waals surface area contributed by atoms with Gasteiger partial charge in [-0.05, 0) is 229 Å². The van der Waals surface area contributed by atoms with E-state index >= 15 is 0 Å². The number of benzene rings is 16. The fraction of sp³-hybridized carbons (Fsp3) is 0.0536. The summed E-state index contributed by atoms with van der Waals surface area (Å²) in [5.41, 5.74) is 38.6. The molecule has 0 fully saturated rings. The van der Waals surface area contributed by atoms with E-state index in [2.05, 4.69) is 439 Å². The molecular formula is C112H78N6. The fourth-order valence-corrected chi connectivity index (χ4v) is 19.8. The lowest BCUT2D eigenvalue weighted by atomic mass is 9.82. The van der Waals surface area contributed by atoms with Gasteiger partial charge in [0.15, 0.2) is 0 Å². The van der Waals surface area contributed by atoms with E-state index in [1.165, 1.54) is 176 Å². The Morgan fingerprint density at radius 1 is 0.186 bits per heavy atom. The summed E-state index contributed by atoms with van der Waals surface area (Å²) in [5.74, 6) is 0. The monoisotopic (exact) mass is 1510 g/mol. The number of aromatic nitrogens is 6. The lowest BCUT2D eigenvalue weighted by Gasteiger charge is -2.21. The SMILES string of the molecule is CC1(C)c2ccccc2-c2cc(-n3c4ccccc4c4cc(-c5ccc6c(c5)c5ccccc5n6-c5cc(-c6ccccc6)cc(-c6ccncc6)c5)ccc43)ccc21.CC1(C)c2ccccc2-c2cc(-n3c4ccccc4c4cc(-c5ccc6c(c5)c5ccccc5n6-c5cc(-c6ccccc6)nc(-c6ccccc6)c5)ccc43)ccc21. The molecule has 0 spiro atoms. The van der Waals surface area contributed by atoms with Crippen molar-refractivity contribution < 1.29 is 0 Å².